The fourth-order valence-electron chi connectivity index (χ4n) is 0.307. The number of hydrogen-bond donors (Lipinski definition) is 1. The van der Waals surface area contributed by atoms with Crippen LogP contribution >= 0.6 is 0 Å². The molecule has 1 unspecified atom stereocenters. The quantitative estimate of drug-likeness (QED) is 0.290. The number of carbonyl (C=O) groups is 1. The Morgan fingerprint density at radius 2 is 2.45 bits per heavy atom. The van der Waals surface area contributed by atoms with E-state index in [0.29, 0.717) is 0 Å². The minimum absolute atomic E-state index is 0.0769. The van der Waals surface area contributed by atoms with E-state index < -0.39 is 17.3 Å². The second-order valence-corrected chi connectivity index (χ2v) is 1.98. The summed E-state index contributed by atoms with van der Waals surface area (Å²) in [6, 6.07) is 0. The van der Waals surface area contributed by atoms with Crippen molar-refractivity contribution in [1.82, 2.24) is 0 Å². The number of azide groups is 1. The maximum Gasteiger partial charge on any atom is 0.360 e. The molecule has 0 aromatic carbocycles. The monoisotopic (exact) mass is 179 g/mol. The summed E-state index contributed by atoms with van der Waals surface area (Å²) in [5.41, 5.74) is 7.76. The first-order valence-electron chi connectivity index (χ1n) is 2.49. The van der Waals surface area contributed by atoms with E-state index in [1.54, 1.807) is 0 Å². The van der Waals surface area contributed by atoms with E-state index in [2.05, 4.69) is 14.2 Å². The Labute approximate surface area is 64.5 Å². The highest BCUT2D eigenvalue weighted by Crippen LogP contribution is 1.89. The Morgan fingerprint density at radius 1 is 1.82 bits per heavy atom. The van der Waals surface area contributed by atoms with Gasteiger partial charge in [-0.25, -0.2) is 0 Å². The molecular formula is C3H5N3O4S. The van der Waals surface area contributed by atoms with E-state index in [9.17, 15) is 9.00 Å². The highest BCUT2D eigenvalue weighted by atomic mass is 32.2. The molecule has 0 rings (SSSR count). The van der Waals surface area contributed by atoms with Crippen molar-refractivity contribution >= 4 is 17.3 Å². The van der Waals surface area contributed by atoms with Crippen LogP contribution in [0.4, 0.5) is 0 Å². The van der Waals surface area contributed by atoms with Crippen molar-refractivity contribution in [3.63, 3.8) is 0 Å². The molecule has 0 aliphatic rings. The van der Waals surface area contributed by atoms with Crippen LogP contribution in [0.2, 0.25) is 0 Å². The molecule has 0 spiro atoms. The molecule has 1 atom stereocenters. The number of rotatable bonds is 4. The first-order chi connectivity index (χ1) is 5.16. The van der Waals surface area contributed by atoms with E-state index in [1.807, 2.05) is 0 Å². The number of nitrogens with zero attached hydrogens (tertiary/aromatic N) is 3. The fourth-order valence-corrected chi connectivity index (χ4v) is 0.550. The molecule has 7 nitrogen and oxygen atoms in total. The average Bonchev–Trinajstić information content (AvgIpc) is 1.86. The lowest BCUT2D eigenvalue weighted by molar-refractivity contribution is -0.133. The molecule has 0 aromatic rings. The van der Waals surface area contributed by atoms with Crippen molar-refractivity contribution in [3.05, 3.63) is 10.4 Å². The molecule has 0 saturated carbocycles. The summed E-state index contributed by atoms with van der Waals surface area (Å²) in [5.74, 6) is -0.877. The summed E-state index contributed by atoms with van der Waals surface area (Å²) in [4.78, 5) is 12.7. The molecule has 0 aliphatic carbocycles. The maximum absolute atomic E-state index is 10.4. The first-order valence-corrected chi connectivity index (χ1v) is 3.53. The molecule has 11 heavy (non-hydrogen) atoms. The van der Waals surface area contributed by atoms with Crippen LogP contribution in [0.1, 0.15) is 6.42 Å². The van der Waals surface area contributed by atoms with Crippen LogP contribution in [0, 0.1) is 0 Å². The van der Waals surface area contributed by atoms with Gasteiger partial charge in [0.15, 0.2) is 0 Å². The Bertz CT molecular complexity index is 211. The van der Waals surface area contributed by atoms with Crippen molar-refractivity contribution < 1.29 is 17.7 Å². The Balaban J connectivity index is 3.53. The van der Waals surface area contributed by atoms with Crippen LogP contribution in [0.15, 0.2) is 5.11 Å². The Morgan fingerprint density at radius 3 is 2.91 bits per heavy atom. The van der Waals surface area contributed by atoms with Gasteiger partial charge in [0, 0.05) is 11.5 Å². The van der Waals surface area contributed by atoms with E-state index >= 15 is 0 Å². The van der Waals surface area contributed by atoms with Gasteiger partial charge in [0.25, 0.3) is 0 Å². The molecule has 0 fully saturated rings. The third-order valence-electron chi connectivity index (χ3n) is 0.643. The zero-order valence-corrected chi connectivity index (χ0v) is 6.15. The molecule has 0 bridgehead atoms. The van der Waals surface area contributed by atoms with E-state index in [4.69, 9.17) is 10.1 Å². The molecule has 0 aliphatic heterocycles. The van der Waals surface area contributed by atoms with Gasteiger partial charge in [-0.05, 0) is 5.53 Å². The summed E-state index contributed by atoms with van der Waals surface area (Å²) in [6.07, 6.45) is -0.198. The molecule has 0 radical (unpaired) electrons. The lowest BCUT2D eigenvalue weighted by Gasteiger charge is -1.93. The average molecular weight is 179 g/mol. The zero-order chi connectivity index (χ0) is 8.69. The van der Waals surface area contributed by atoms with Crippen LogP contribution < -0.4 is 0 Å². The smallest absolute Gasteiger partial charge is 0.343 e. The molecule has 1 N–H and O–H groups in total. The van der Waals surface area contributed by atoms with E-state index in [-0.39, 0.29) is 13.0 Å². The normalized spacial score (nSPS) is 11.4. The third kappa shape index (κ3) is 6.78. The second kappa shape index (κ2) is 5.66. The van der Waals surface area contributed by atoms with Crippen molar-refractivity contribution in [3.8, 4) is 0 Å². The number of hydrogen-bond acceptors (Lipinski definition) is 4. The van der Waals surface area contributed by atoms with Crippen LogP contribution in [0.3, 0.4) is 0 Å². The van der Waals surface area contributed by atoms with E-state index in [1.165, 1.54) is 0 Å². The van der Waals surface area contributed by atoms with Gasteiger partial charge in [0.2, 0.25) is 0 Å². The van der Waals surface area contributed by atoms with Gasteiger partial charge in [-0.2, -0.15) is 4.21 Å². The predicted molar refractivity (Wildman–Crippen MR) is 35.5 cm³/mol. The molecule has 0 heterocycles. The molecule has 62 valence electrons. The van der Waals surface area contributed by atoms with Gasteiger partial charge in [-0.1, -0.05) is 5.11 Å². The second-order valence-electron chi connectivity index (χ2n) is 1.38. The summed E-state index contributed by atoms with van der Waals surface area (Å²) in [6.45, 7) is -0.0769. The van der Waals surface area contributed by atoms with E-state index in [0.717, 1.165) is 0 Å². The Hall–Kier alpha value is -1.11. The first kappa shape index (κ1) is 9.89. The van der Waals surface area contributed by atoms with Crippen LogP contribution in [0.25, 0.3) is 10.4 Å². The van der Waals surface area contributed by atoms with Crippen molar-refractivity contribution in [2.45, 2.75) is 6.42 Å². The fraction of sp³-hybridized carbons (Fsp3) is 0.667. The molecule has 0 aromatic heterocycles. The van der Waals surface area contributed by atoms with Gasteiger partial charge in [-0.3, -0.25) is 9.35 Å². The summed E-state index contributed by atoms with van der Waals surface area (Å²) in [7, 11) is 0. The highest BCUT2D eigenvalue weighted by molar-refractivity contribution is 7.74. The zero-order valence-electron chi connectivity index (χ0n) is 5.34. The van der Waals surface area contributed by atoms with Crippen LogP contribution in [0.5, 0.6) is 0 Å². The van der Waals surface area contributed by atoms with Gasteiger partial charge >= 0.3 is 17.3 Å². The minimum atomic E-state index is -2.59. The summed E-state index contributed by atoms with van der Waals surface area (Å²) in [5, 5.41) is 3.02. The van der Waals surface area contributed by atoms with Gasteiger partial charge in [-0.15, -0.1) is 0 Å². The lowest BCUT2D eigenvalue weighted by atomic mass is 10.4. The molecule has 0 saturated heterocycles. The number of carbonyl (C=O) groups excluding carboxylic acids is 1. The Kier molecular flexibility index (Phi) is 5.09. The highest BCUT2D eigenvalue weighted by Gasteiger charge is 2.04. The third-order valence-corrected chi connectivity index (χ3v) is 0.972. The molecule has 0 amide bonds. The maximum atomic E-state index is 10.4. The lowest BCUT2D eigenvalue weighted by Crippen LogP contribution is -2.07. The molecule has 8 heteroatoms. The largest absolute Gasteiger partial charge is 0.360 e. The van der Waals surface area contributed by atoms with Crippen molar-refractivity contribution in [2.75, 3.05) is 6.54 Å². The summed E-state index contributed by atoms with van der Waals surface area (Å²) < 4.78 is 21.6. The topological polar surface area (TPSA) is 112 Å². The van der Waals surface area contributed by atoms with Crippen LogP contribution in [-0.2, 0) is 20.3 Å². The summed E-state index contributed by atoms with van der Waals surface area (Å²) >= 11 is -2.59. The van der Waals surface area contributed by atoms with Gasteiger partial charge < -0.3 is 4.18 Å². The van der Waals surface area contributed by atoms with Crippen molar-refractivity contribution in [2.24, 2.45) is 5.11 Å². The van der Waals surface area contributed by atoms with Crippen molar-refractivity contribution in [1.29, 1.82) is 0 Å². The molecular weight excluding hydrogens is 174 g/mol. The predicted octanol–water partition coefficient (Wildman–Crippen LogP) is 0.367. The SMILES string of the molecule is [N-]=[N+]=NCCC(=O)OS(=O)O. The van der Waals surface area contributed by atoms with Gasteiger partial charge in [0.05, 0.1) is 6.42 Å². The minimum Gasteiger partial charge on any atom is -0.343 e. The van der Waals surface area contributed by atoms with Crippen LogP contribution in [-0.4, -0.2) is 21.3 Å². The van der Waals surface area contributed by atoms with Gasteiger partial charge in [0.1, 0.15) is 0 Å². The standard InChI is InChI=1S/C3H5N3O4S/c4-6-5-2-1-3(7)10-11(8)9/h1-2H2,(H,8,9).